The van der Waals surface area contributed by atoms with Crippen LogP contribution in [0, 0.1) is 0 Å². The summed E-state index contributed by atoms with van der Waals surface area (Å²) in [5.74, 6) is 1.49. The lowest BCUT2D eigenvalue weighted by atomic mass is 10.0. The van der Waals surface area contributed by atoms with E-state index >= 15 is 0 Å². The minimum Gasteiger partial charge on any atom is -0.494 e. The van der Waals surface area contributed by atoms with Crippen molar-refractivity contribution in [3.8, 4) is 11.5 Å². The van der Waals surface area contributed by atoms with Gasteiger partial charge in [-0.3, -0.25) is 0 Å². The largest absolute Gasteiger partial charge is 0.494 e. The summed E-state index contributed by atoms with van der Waals surface area (Å²) in [5.41, 5.74) is 5.72. The van der Waals surface area contributed by atoms with E-state index < -0.39 is 6.10 Å². The maximum Gasteiger partial charge on any atom is 0.125 e. The fraction of sp³-hybridized carbons (Fsp3) is 0.250. The molecule has 0 aliphatic heterocycles. The van der Waals surface area contributed by atoms with Crippen LogP contribution < -0.4 is 20.1 Å². The number of hydrogen-bond acceptors (Lipinski definition) is 6. The number of ether oxygens (including phenoxy) is 2. The molecule has 0 aromatic heterocycles. The van der Waals surface area contributed by atoms with Crippen LogP contribution in [-0.4, -0.2) is 29.9 Å². The highest BCUT2D eigenvalue weighted by Crippen LogP contribution is 2.25. The normalized spacial score (nSPS) is 11.7. The first kappa shape index (κ1) is 27.2. The van der Waals surface area contributed by atoms with Gasteiger partial charge in [0.1, 0.15) is 18.1 Å². The SMILES string of the molecule is CCOc1ccc(Nc2ccc(CCNC[C@H](O)c3ccc(OCc4ccccc4)c(CO)c3)cc2)cc1. The molecule has 1 atom stereocenters. The van der Waals surface area contributed by atoms with Crippen LogP contribution in [0.2, 0.25) is 0 Å². The number of aliphatic hydroxyl groups is 2. The third-order valence-corrected chi connectivity index (χ3v) is 6.21. The Labute approximate surface area is 224 Å². The Bertz CT molecular complexity index is 1240. The summed E-state index contributed by atoms with van der Waals surface area (Å²) in [5, 5.41) is 27.2. The van der Waals surface area contributed by atoms with E-state index in [0.717, 1.165) is 41.2 Å². The molecule has 6 heteroatoms. The summed E-state index contributed by atoms with van der Waals surface area (Å²) in [7, 11) is 0. The van der Waals surface area contributed by atoms with Crippen molar-refractivity contribution in [1.29, 1.82) is 0 Å². The first-order chi connectivity index (χ1) is 18.6. The van der Waals surface area contributed by atoms with Crippen LogP contribution in [0.15, 0.2) is 97.1 Å². The van der Waals surface area contributed by atoms with Gasteiger partial charge in [-0.15, -0.1) is 0 Å². The zero-order valence-corrected chi connectivity index (χ0v) is 21.8. The van der Waals surface area contributed by atoms with Gasteiger partial charge in [-0.25, -0.2) is 0 Å². The number of benzene rings is 4. The van der Waals surface area contributed by atoms with Crippen LogP contribution in [0.25, 0.3) is 0 Å². The average molecular weight is 513 g/mol. The molecule has 198 valence electrons. The highest BCUT2D eigenvalue weighted by Gasteiger charge is 2.11. The second-order valence-electron chi connectivity index (χ2n) is 9.05. The second kappa shape index (κ2) is 14.2. The van der Waals surface area contributed by atoms with Gasteiger partial charge in [0, 0.05) is 23.5 Å². The Morgan fingerprint density at radius 3 is 2.18 bits per heavy atom. The van der Waals surface area contributed by atoms with E-state index in [9.17, 15) is 10.2 Å². The van der Waals surface area contributed by atoms with E-state index in [4.69, 9.17) is 9.47 Å². The molecule has 0 fully saturated rings. The van der Waals surface area contributed by atoms with Gasteiger partial charge in [-0.1, -0.05) is 48.5 Å². The molecule has 0 amide bonds. The summed E-state index contributed by atoms with van der Waals surface area (Å²) in [6, 6.07) is 31.6. The summed E-state index contributed by atoms with van der Waals surface area (Å²) in [6.07, 6.45) is 0.175. The molecule has 6 nitrogen and oxygen atoms in total. The Balaban J connectivity index is 1.21. The molecule has 4 aromatic rings. The van der Waals surface area contributed by atoms with Gasteiger partial charge >= 0.3 is 0 Å². The predicted molar refractivity (Wildman–Crippen MR) is 152 cm³/mol. The highest BCUT2D eigenvalue weighted by atomic mass is 16.5. The van der Waals surface area contributed by atoms with Crippen molar-refractivity contribution in [1.82, 2.24) is 5.32 Å². The minimum atomic E-state index is -0.677. The number of rotatable bonds is 14. The number of aliphatic hydroxyl groups excluding tert-OH is 2. The Morgan fingerprint density at radius 2 is 1.50 bits per heavy atom. The highest BCUT2D eigenvalue weighted by molar-refractivity contribution is 5.60. The summed E-state index contributed by atoms with van der Waals surface area (Å²) < 4.78 is 11.4. The lowest BCUT2D eigenvalue weighted by Gasteiger charge is -2.16. The van der Waals surface area contributed by atoms with E-state index in [1.165, 1.54) is 5.56 Å². The van der Waals surface area contributed by atoms with Crippen molar-refractivity contribution in [2.24, 2.45) is 0 Å². The van der Waals surface area contributed by atoms with E-state index in [1.54, 1.807) is 0 Å². The first-order valence-electron chi connectivity index (χ1n) is 13.0. The second-order valence-corrected chi connectivity index (χ2v) is 9.05. The predicted octanol–water partition coefficient (Wildman–Crippen LogP) is 5.77. The number of anilines is 2. The molecule has 0 bridgehead atoms. The van der Waals surface area contributed by atoms with Gasteiger partial charge in [-0.05, 0) is 85.1 Å². The van der Waals surface area contributed by atoms with Crippen molar-refractivity contribution in [3.05, 3.63) is 119 Å². The average Bonchev–Trinajstić information content (AvgIpc) is 2.96. The zero-order chi connectivity index (χ0) is 26.6. The number of hydrogen-bond donors (Lipinski definition) is 4. The minimum absolute atomic E-state index is 0.151. The van der Waals surface area contributed by atoms with Crippen LogP contribution in [0.5, 0.6) is 11.5 Å². The molecular formula is C32H36N2O4. The van der Waals surface area contributed by atoms with Crippen molar-refractivity contribution >= 4 is 11.4 Å². The standard InChI is InChI=1S/C32H36N2O4/c1-2-37-30-15-13-29(14-16-30)34-28-11-8-24(9-12-28)18-19-33-21-31(36)26-10-17-32(27(20-26)22-35)38-23-25-6-4-3-5-7-25/h3-17,20,31,33-36H,2,18-19,21-23H2,1H3/t31-/m0/s1. The van der Waals surface area contributed by atoms with E-state index in [0.29, 0.717) is 31.1 Å². The quantitative estimate of drug-likeness (QED) is 0.161. The van der Waals surface area contributed by atoms with Crippen molar-refractivity contribution in [2.45, 2.75) is 32.7 Å². The van der Waals surface area contributed by atoms with Crippen LogP contribution in [0.3, 0.4) is 0 Å². The molecule has 4 N–H and O–H groups in total. The molecule has 38 heavy (non-hydrogen) atoms. The molecule has 0 unspecified atom stereocenters. The van der Waals surface area contributed by atoms with Gasteiger partial charge in [0.15, 0.2) is 0 Å². The monoisotopic (exact) mass is 512 g/mol. The lowest BCUT2D eigenvalue weighted by Crippen LogP contribution is -2.23. The molecule has 0 aliphatic rings. The molecule has 0 aliphatic carbocycles. The molecule has 0 spiro atoms. The van der Waals surface area contributed by atoms with E-state index in [1.807, 2.05) is 79.7 Å². The van der Waals surface area contributed by atoms with E-state index in [-0.39, 0.29) is 6.61 Å². The topological polar surface area (TPSA) is 83.0 Å². The van der Waals surface area contributed by atoms with Crippen LogP contribution in [-0.2, 0) is 19.6 Å². The Hall–Kier alpha value is -3.84. The maximum atomic E-state index is 10.7. The van der Waals surface area contributed by atoms with Crippen molar-refractivity contribution < 1.29 is 19.7 Å². The van der Waals surface area contributed by atoms with Gasteiger partial charge in [0.25, 0.3) is 0 Å². The fourth-order valence-electron chi connectivity index (χ4n) is 4.12. The first-order valence-corrected chi connectivity index (χ1v) is 13.0. The lowest BCUT2D eigenvalue weighted by molar-refractivity contribution is 0.174. The molecule has 4 rings (SSSR count). The fourth-order valence-corrected chi connectivity index (χ4v) is 4.12. The van der Waals surface area contributed by atoms with Gasteiger partial charge in [-0.2, -0.15) is 0 Å². The Morgan fingerprint density at radius 1 is 0.789 bits per heavy atom. The van der Waals surface area contributed by atoms with Crippen LogP contribution in [0.1, 0.15) is 35.3 Å². The summed E-state index contributed by atoms with van der Waals surface area (Å²) in [4.78, 5) is 0. The molecular weight excluding hydrogens is 476 g/mol. The van der Waals surface area contributed by atoms with Crippen molar-refractivity contribution in [3.63, 3.8) is 0 Å². The number of nitrogens with one attached hydrogen (secondary N) is 2. The summed E-state index contributed by atoms with van der Waals surface area (Å²) in [6.45, 7) is 4.07. The third kappa shape index (κ3) is 8.08. The molecule has 0 heterocycles. The molecule has 4 aromatic carbocycles. The summed E-state index contributed by atoms with van der Waals surface area (Å²) >= 11 is 0. The zero-order valence-electron chi connectivity index (χ0n) is 21.8. The van der Waals surface area contributed by atoms with Gasteiger partial charge in [0.2, 0.25) is 0 Å². The van der Waals surface area contributed by atoms with E-state index in [2.05, 4.69) is 34.9 Å². The smallest absolute Gasteiger partial charge is 0.125 e. The van der Waals surface area contributed by atoms with Crippen LogP contribution in [0.4, 0.5) is 11.4 Å². The molecule has 0 radical (unpaired) electrons. The van der Waals surface area contributed by atoms with Gasteiger partial charge < -0.3 is 30.3 Å². The molecule has 0 saturated carbocycles. The molecule has 0 saturated heterocycles. The van der Waals surface area contributed by atoms with Crippen molar-refractivity contribution in [2.75, 3.05) is 25.0 Å². The Kier molecular flexibility index (Phi) is 10.2. The van der Waals surface area contributed by atoms with Crippen LogP contribution >= 0.6 is 0 Å². The maximum absolute atomic E-state index is 10.7. The van der Waals surface area contributed by atoms with Gasteiger partial charge in [0.05, 0.1) is 19.3 Å². The third-order valence-electron chi connectivity index (χ3n) is 6.21.